The smallest absolute Gasteiger partial charge is 0.389 e. The first-order chi connectivity index (χ1) is 7.85. The highest BCUT2D eigenvalue weighted by atomic mass is 19.4. The quantitative estimate of drug-likeness (QED) is 0.767. The molecule has 0 bridgehead atoms. The second-order valence-electron chi connectivity index (χ2n) is 3.57. The summed E-state index contributed by atoms with van der Waals surface area (Å²) in [6.07, 6.45) is -5.21. The summed E-state index contributed by atoms with van der Waals surface area (Å²) in [7, 11) is 1.58. The van der Waals surface area contributed by atoms with Crippen LogP contribution in [0.25, 0.3) is 0 Å². The van der Waals surface area contributed by atoms with Gasteiger partial charge in [0.1, 0.15) is 11.6 Å². The van der Waals surface area contributed by atoms with E-state index in [1.54, 1.807) is 14.0 Å². The molecule has 0 spiro atoms. The number of nitrogens with zero attached hydrogens (tertiary/aromatic N) is 3. The molecule has 1 aromatic rings. The van der Waals surface area contributed by atoms with Crippen LogP contribution >= 0.6 is 0 Å². The Kier molecular flexibility index (Phi) is 3.99. The lowest BCUT2D eigenvalue weighted by Crippen LogP contribution is -2.11. The van der Waals surface area contributed by atoms with Crippen LogP contribution in [-0.2, 0) is 7.05 Å². The van der Waals surface area contributed by atoms with Crippen molar-refractivity contribution in [1.29, 1.82) is 5.26 Å². The first-order valence-corrected chi connectivity index (χ1v) is 4.98. The van der Waals surface area contributed by atoms with Crippen molar-refractivity contribution in [2.24, 2.45) is 7.05 Å². The molecule has 0 atom stereocenters. The Hall–Kier alpha value is -1.71. The fraction of sp³-hybridized carbons (Fsp3) is 0.600. The normalized spacial score (nSPS) is 11.3. The number of nitriles is 1. The van der Waals surface area contributed by atoms with Crippen LogP contribution in [0.4, 0.5) is 13.2 Å². The average molecular weight is 247 g/mol. The van der Waals surface area contributed by atoms with Gasteiger partial charge in [-0.25, -0.2) is 4.68 Å². The SMILES string of the molecule is Cc1nn(C)c(OCCCC(F)(F)F)c1C#N. The molecule has 0 aliphatic heterocycles. The van der Waals surface area contributed by atoms with Gasteiger partial charge in [-0.15, -0.1) is 0 Å². The van der Waals surface area contributed by atoms with Gasteiger partial charge in [0, 0.05) is 13.5 Å². The summed E-state index contributed by atoms with van der Waals surface area (Å²) < 4.78 is 42.2. The highest BCUT2D eigenvalue weighted by Gasteiger charge is 2.26. The number of aromatic nitrogens is 2. The minimum atomic E-state index is -4.18. The summed E-state index contributed by atoms with van der Waals surface area (Å²) in [5, 5.41) is 12.8. The van der Waals surface area contributed by atoms with E-state index >= 15 is 0 Å². The van der Waals surface area contributed by atoms with Crippen LogP contribution in [0.2, 0.25) is 0 Å². The van der Waals surface area contributed by atoms with E-state index in [9.17, 15) is 13.2 Å². The molecule has 0 amide bonds. The van der Waals surface area contributed by atoms with Crippen molar-refractivity contribution >= 4 is 0 Å². The third-order valence-corrected chi connectivity index (χ3v) is 2.12. The third kappa shape index (κ3) is 3.66. The van der Waals surface area contributed by atoms with E-state index in [1.807, 2.05) is 6.07 Å². The van der Waals surface area contributed by atoms with Crippen molar-refractivity contribution < 1.29 is 17.9 Å². The number of hydrogen-bond donors (Lipinski definition) is 0. The number of halogens is 3. The maximum absolute atomic E-state index is 11.9. The summed E-state index contributed by atoms with van der Waals surface area (Å²) in [6.45, 7) is 1.55. The molecule has 1 aromatic heterocycles. The number of ether oxygens (including phenoxy) is 1. The van der Waals surface area contributed by atoms with Crippen molar-refractivity contribution in [2.75, 3.05) is 6.61 Å². The van der Waals surface area contributed by atoms with E-state index in [2.05, 4.69) is 5.10 Å². The highest BCUT2D eigenvalue weighted by Crippen LogP contribution is 2.23. The second-order valence-corrected chi connectivity index (χ2v) is 3.57. The maximum Gasteiger partial charge on any atom is 0.389 e. The molecule has 0 radical (unpaired) electrons. The Labute approximate surface area is 96.6 Å². The Morgan fingerprint density at radius 2 is 2.12 bits per heavy atom. The fourth-order valence-electron chi connectivity index (χ4n) is 1.37. The lowest BCUT2D eigenvalue weighted by atomic mass is 10.3. The van der Waals surface area contributed by atoms with Crippen molar-refractivity contribution in [1.82, 2.24) is 9.78 Å². The van der Waals surface area contributed by atoms with E-state index in [0.717, 1.165) is 0 Å². The first-order valence-electron chi connectivity index (χ1n) is 4.98. The minimum absolute atomic E-state index is 0.0901. The minimum Gasteiger partial charge on any atom is -0.477 e. The lowest BCUT2D eigenvalue weighted by Gasteiger charge is -2.08. The molecule has 4 nitrogen and oxygen atoms in total. The van der Waals surface area contributed by atoms with Crippen LogP contribution in [0.15, 0.2) is 0 Å². The average Bonchev–Trinajstić information content (AvgIpc) is 2.46. The molecule has 1 heterocycles. The van der Waals surface area contributed by atoms with E-state index in [1.165, 1.54) is 4.68 Å². The molecule has 0 aliphatic rings. The molecule has 17 heavy (non-hydrogen) atoms. The molecule has 0 aliphatic carbocycles. The van der Waals surface area contributed by atoms with Crippen molar-refractivity contribution in [3.63, 3.8) is 0 Å². The van der Waals surface area contributed by atoms with E-state index in [0.29, 0.717) is 5.69 Å². The Morgan fingerprint density at radius 1 is 1.47 bits per heavy atom. The summed E-state index contributed by atoms with van der Waals surface area (Å²) in [5.74, 6) is 0.215. The van der Waals surface area contributed by atoms with Crippen LogP contribution in [0.5, 0.6) is 5.88 Å². The predicted molar refractivity (Wildman–Crippen MR) is 53.4 cm³/mol. The maximum atomic E-state index is 11.9. The van der Waals surface area contributed by atoms with Crippen LogP contribution in [0, 0.1) is 18.3 Å². The zero-order chi connectivity index (χ0) is 13.1. The topological polar surface area (TPSA) is 50.8 Å². The fourth-order valence-corrected chi connectivity index (χ4v) is 1.37. The van der Waals surface area contributed by atoms with Gasteiger partial charge in [-0.2, -0.15) is 23.5 Å². The van der Waals surface area contributed by atoms with Gasteiger partial charge in [0.15, 0.2) is 0 Å². The van der Waals surface area contributed by atoms with Gasteiger partial charge in [0.05, 0.1) is 12.3 Å². The molecule has 0 unspecified atom stereocenters. The molecule has 0 saturated heterocycles. The Bertz CT molecular complexity index is 431. The standard InChI is InChI=1S/C10H12F3N3O/c1-7-8(6-14)9(16(2)15-7)17-5-3-4-10(11,12)13/h3-5H2,1-2H3. The zero-order valence-electron chi connectivity index (χ0n) is 9.51. The van der Waals surface area contributed by atoms with Gasteiger partial charge < -0.3 is 4.74 Å². The molecule has 94 valence electrons. The highest BCUT2D eigenvalue weighted by molar-refractivity contribution is 5.41. The predicted octanol–water partition coefficient (Wildman–Crippen LogP) is 2.32. The lowest BCUT2D eigenvalue weighted by molar-refractivity contribution is -0.136. The van der Waals surface area contributed by atoms with Gasteiger partial charge in [0.25, 0.3) is 0 Å². The molecule has 0 fully saturated rings. The largest absolute Gasteiger partial charge is 0.477 e. The molecule has 0 saturated carbocycles. The number of aryl methyl sites for hydroxylation is 2. The van der Waals surface area contributed by atoms with Crippen LogP contribution in [0.3, 0.4) is 0 Å². The summed E-state index contributed by atoms with van der Waals surface area (Å²) >= 11 is 0. The molecular weight excluding hydrogens is 235 g/mol. The molecule has 7 heteroatoms. The van der Waals surface area contributed by atoms with Gasteiger partial charge >= 0.3 is 6.18 Å². The second kappa shape index (κ2) is 5.08. The summed E-state index contributed by atoms with van der Waals surface area (Å²) in [6, 6.07) is 1.91. The van der Waals surface area contributed by atoms with Crippen molar-refractivity contribution in [3.8, 4) is 11.9 Å². The van der Waals surface area contributed by atoms with E-state index < -0.39 is 12.6 Å². The first kappa shape index (κ1) is 13.4. The number of alkyl halides is 3. The Balaban J connectivity index is 2.56. The van der Waals surface area contributed by atoms with Gasteiger partial charge in [-0.1, -0.05) is 0 Å². The van der Waals surface area contributed by atoms with Crippen LogP contribution < -0.4 is 4.74 Å². The number of hydrogen-bond acceptors (Lipinski definition) is 3. The van der Waals surface area contributed by atoms with Gasteiger partial charge in [-0.3, -0.25) is 0 Å². The van der Waals surface area contributed by atoms with Crippen LogP contribution in [-0.4, -0.2) is 22.6 Å². The van der Waals surface area contributed by atoms with Crippen LogP contribution in [0.1, 0.15) is 24.1 Å². The third-order valence-electron chi connectivity index (χ3n) is 2.12. The van der Waals surface area contributed by atoms with Gasteiger partial charge in [0.2, 0.25) is 5.88 Å². The molecule has 0 aromatic carbocycles. The zero-order valence-corrected chi connectivity index (χ0v) is 9.51. The molecular formula is C10H12F3N3O. The molecule has 0 N–H and O–H groups in total. The summed E-state index contributed by atoms with van der Waals surface area (Å²) in [5.41, 5.74) is 0.764. The monoisotopic (exact) mass is 247 g/mol. The summed E-state index contributed by atoms with van der Waals surface area (Å²) in [4.78, 5) is 0. The number of rotatable bonds is 4. The van der Waals surface area contributed by atoms with Crippen molar-refractivity contribution in [3.05, 3.63) is 11.3 Å². The van der Waals surface area contributed by atoms with Gasteiger partial charge in [-0.05, 0) is 13.3 Å². The molecule has 1 rings (SSSR count). The van der Waals surface area contributed by atoms with E-state index in [4.69, 9.17) is 10.00 Å². The Morgan fingerprint density at radius 3 is 2.65 bits per heavy atom. The van der Waals surface area contributed by atoms with Crippen molar-refractivity contribution in [2.45, 2.75) is 25.9 Å². The van der Waals surface area contributed by atoms with E-state index in [-0.39, 0.29) is 24.5 Å².